The maximum atomic E-state index is 10.6. The van der Waals surface area contributed by atoms with Crippen LogP contribution in [-0.4, -0.2) is 128 Å². The van der Waals surface area contributed by atoms with E-state index in [1.807, 2.05) is 75.4 Å². The van der Waals surface area contributed by atoms with Crippen LogP contribution < -0.4 is 18.9 Å². The summed E-state index contributed by atoms with van der Waals surface area (Å²) < 4.78 is 36.8. The minimum Gasteiger partial charge on any atom is -0.497 e. The van der Waals surface area contributed by atoms with E-state index >= 15 is 0 Å². The van der Waals surface area contributed by atoms with Gasteiger partial charge in [0.25, 0.3) is 5.97 Å². The van der Waals surface area contributed by atoms with Gasteiger partial charge in [-0.3, -0.25) is 4.79 Å². The van der Waals surface area contributed by atoms with Crippen molar-refractivity contribution in [1.82, 2.24) is 0 Å². The Balaban J connectivity index is -0.000000150. The van der Waals surface area contributed by atoms with Crippen LogP contribution in [0.3, 0.4) is 0 Å². The van der Waals surface area contributed by atoms with Gasteiger partial charge in [0, 0.05) is 63.8 Å². The Morgan fingerprint density at radius 1 is 0.452 bits per heavy atom. The van der Waals surface area contributed by atoms with Gasteiger partial charge in [-0.15, -0.1) is 0 Å². The predicted octanol–water partition coefficient (Wildman–Crippen LogP) is 6.92. The first-order chi connectivity index (χ1) is 29.6. The largest absolute Gasteiger partial charge is 0.497 e. The lowest BCUT2D eigenvalue weighted by atomic mass is 10.1. The minimum atomic E-state index is -1.04. The van der Waals surface area contributed by atoms with Crippen molar-refractivity contribution < 1.29 is 78.1 Å². The summed E-state index contributed by atoms with van der Waals surface area (Å²) in [4.78, 5) is 19.6. The lowest BCUT2D eigenvalue weighted by molar-refractivity contribution is -0.134. The van der Waals surface area contributed by atoms with E-state index in [0.717, 1.165) is 46.4 Å². The highest BCUT2D eigenvalue weighted by Gasteiger charge is 2.10. The zero-order valence-electron chi connectivity index (χ0n) is 39.7. The van der Waals surface area contributed by atoms with Crippen LogP contribution in [0, 0.1) is 6.92 Å². The molecule has 0 aliphatic rings. The summed E-state index contributed by atoms with van der Waals surface area (Å²) in [6, 6.07) is 24.8. The Morgan fingerprint density at radius 3 is 1.02 bits per heavy atom. The topological polar surface area (TPSA) is 229 Å². The standard InChI is InChI=1S/C9H10O4.C9H12O2.2C8H10O2.C2H4O2.4C2H6O.C2H6/c1-13-8-4-6(5-10)2-3-7(8)9(11)12;1-7-3-4-8(6-10)5-9(7)11-2;2*1-10-8-4-2-3-7(5-8)6-9;1-2(3)4;4*1-3-2;1-2/h2-4,10H,5H2,1H3,(H,11,12);3-5,10H,6H2,1-2H3;2*2-5,9H,6H2,1H3;1H3,(H,3,4);4*1-2H3;1-2H3. The number of aliphatic hydroxyl groups excluding tert-OH is 4. The smallest absolute Gasteiger partial charge is 0.339 e. The highest BCUT2D eigenvalue weighted by atomic mass is 16.5. The van der Waals surface area contributed by atoms with Crippen LogP contribution in [0.1, 0.15) is 58.9 Å². The molecule has 0 bridgehead atoms. The number of ether oxygens (including phenoxy) is 8. The summed E-state index contributed by atoms with van der Waals surface area (Å²) in [6.07, 6.45) is 0. The van der Waals surface area contributed by atoms with Crippen molar-refractivity contribution in [2.24, 2.45) is 0 Å². The molecule has 0 saturated heterocycles. The van der Waals surface area contributed by atoms with Crippen molar-refractivity contribution in [2.75, 3.05) is 85.3 Å². The number of rotatable bonds is 9. The minimum absolute atomic E-state index is 0.0661. The van der Waals surface area contributed by atoms with E-state index in [1.54, 1.807) is 96.4 Å². The van der Waals surface area contributed by atoms with Gasteiger partial charge in [0.15, 0.2) is 0 Å². The molecule has 4 rings (SSSR count). The summed E-state index contributed by atoms with van der Waals surface area (Å²) in [6.45, 7) is 7.13. The van der Waals surface area contributed by atoms with E-state index < -0.39 is 11.9 Å². The SMILES string of the molecule is CC.CC(=O)O.COC.COC.COC.COC.COc1cc(CO)ccc1C.COc1cc(CO)ccc1C(=O)O.COc1cccc(CO)c1.COc1cccc(CO)c1. The third kappa shape index (κ3) is 42.8. The fourth-order valence-electron chi connectivity index (χ4n) is 3.52. The molecule has 0 aliphatic carbocycles. The maximum Gasteiger partial charge on any atom is 0.339 e. The summed E-state index contributed by atoms with van der Waals surface area (Å²) in [7, 11) is 19.2. The number of hydrogen-bond acceptors (Lipinski definition) is 14. The van der Waals surface area contributed by atoms with Crippen molar-refractivity contribution in [3.05, 3.63) is 118 Å². The highest BCUT2D eigenvalue weighted by molar-refractivity contribution is 5.90. The number of methoxy groups -OCH3 is 8. The number of hydrogen-bond donors (Lipinski definition) is 6. The first-order valence-corrected chi connectivity index (χ1v) is 18.6. The number of carbonyl (C=O) groups is 2. The van der Waals surface area contributed by atoms with Crippen LogP contribution in [0.5, 0.6) is 23.0 Å². The fourth-order valence-corrected chi connectivity index (χ4v) is 3.52. The number of aliphatic carboxylic acids is 1. The molecule has 16 nitrogen and oxygen atoms in total. The van der Waals surface area contributed by atoms with Crippen molar-refractivity contribution in [3.63, 3.8) is 0 Å². The molecule has 0 aromatic heterocycles. The Morgan fingerprint density at radius 2 is 0.742 bits per heavy atom. The lowest BCUT2D eigenvalue weighted by Crippen LogP contribution is -2.01. The third-order valence-corrected chi connectivity index (χ3v) is 5.97. The molecular formula is C46H76O16. The number of aliphatic hydroxyl groups is 4. The van der Waals surface area contributed by atoms with E-state index in [1.165, 1.54) is 19.2 Å². The van der Waals surface area contributed by atoms with Crippen LogP contribution in [-0.2, 0) is 50.2 Å². The zero-order chi connectivity index (χ0) is 49.3. The molecule has 0 unspecified atom stereocenters. The third-order valence-electron chi connectivity index (χ3n) is 5.97. The second-order valence-corrected chi connectivity index (χ2v) is 11.1. The summed E-state index contributed by atoms with van der Waals surface area (Å²) in [5.41, 5.74) is 4.44. The molecule has 4 aromatic rings. The van der Waals surface area contributed by atoms with Crippen molar-refractivity contribution in [2.45, 2.75) is 54.1 Å². The van der Waals surface area contributed by atoms with Gasteiger partial charge >= 0.3 is 5.97 Å². The molecule has 0 saturated carbocycles. The van der Waals surface area contributed by atoms with Crippen LogP contribution in [0.4, 0.5) is 0 Å². The summed E-state index contributed by atoms with van der Waals surface area (Å²) in [5, 5.41) is 51.1. The van der Waals surface area contributed by atoms with E-state index in [-0.39, 0.29) is 37.7 Å². The number of aryl methyl sites for hydroxylation is 1. The van der Waals surface area contributed by atoms with Gasteiger partial charge in [0.05, 0.1) is 54.9 Å². The zero-order valence-corrected chi connectivity index (χ0v) is 39.7. The average molecular weight is 885 g/mol. The quantitative estimate of drug-likeness (QED) is 0.100. The van der Waals surface area contributed by atoms with Crippen LogP contribution >= 0.6 is 0 Å². The molecule has 62 heavy (non-hydrogen) atoms. The molecule has 0 atom stereocenters. The average Bonchev–Trinajstić information content (AvgIpc) is 3.28. The van der Waals surface area contributed by atoms with Gasteiger partial charge in [-0.2, -0.15) is 0 Å². The second-order valence-electron chi connectivity index (χ2n) is 11.1. The Bertz CT molecular complexity index is 1480. The van der Waals surface area contributed by atoms with Crippen LogP contribution in [0.25, 0.3) is 0 Å². The molecule has 16 heteroatoms. The van der Waals surface area contributed by atoms with Crippen molar-refractivity contribution in [1.29, 1.82) is 0 Å². The van der Waals surface area contributed by atoms with Gasteiger partial charge in [-0.05, 0) is 77.2 Å². The molecule has 0 heterocycles. The number of carboxylic acids is 2. The molecule has 4 aromatic carbocycles. The van der Waals surface area contributed by atoms with E-state index in [9.17, 15) is 4.79 Å². The van der Waals surface area contributed by atoms with E-state index in [2.05, 4.69) is 18.9 Å². The van der Waals surface area contributed by atoms with Gasteiger partial charge in [0.1, 0.15) is 28.6 Å². The van der Waals surface area contributed by atoms with Crippen molar-refractivity contribution >= 4 is 11.9 Å². The number of benzene rings is 4. The van der Waals surface area contributed by atoms with Gasteiger partial charge in [0.2, 0.25) is 0 Å². The van der Waals surface area contributed by atoms with Gasteiger partial charge in [-0.25, -0.2) is 4.79 Å². The molecular weight excluding hydrogens is 808 g/mol. The molecule has 0 aliphatic heterocycles. The summed E-state index contributed by atoms with van der Waals surface area (Å²) >= 11 is 0. The molecule has 0 fully saturated rings. The first-order valence-electron chi connectivity index (χ1n) is 18.6. The van der Waals surface area contributed by atoms with Gasteiger partial charge in [-0.1, -0.05) is 56.3 Å². The Hall–Kier alpha value is -5.30. The van der Waals surface area contributed by atoms with E-state index in [4.69, 9.17) is 54.4 Å². The van der Waals surface area contributed by atoms with E-state index in [0.29, 0.717) is 5.56 Å². The molecule has 0 radical (unpaired) electrons. The molecule has 0 spiro atoms. The highest BCUT2D eigenvalue weighted by Crippen LogP contribution is 2.20. The van der Waals surface area contributed by atoms with Gasteiger partial charge < -0.3 is 68.5 Å². The Labute approximate surface area is 370 Å². The fraction of sp³-hybridized carbons (Fsp3) is 0.435. The van der Waals surface area contributed by atoms with Crippen LogP contribution in [0.15, 0.2) is 84.9 Å². The maximum absolute atomic E-state index is 10.6. The van der Waals surface area contributed by atoms with Crippen LogP contribution in [0.2, 0.25) is 0 Å². The molecule has 0 amide bonds. The predicted molar refractivity (Wildman–Crippen MR) is 244 cm³/mol. The first kappa shape index (κ1) is 68.4. The Kier molecular flexibility index (Phi) is 57.2. The molecule has 356 valence electrons. The second kappa shape index (κ2) is 51.8. The number of carboxylic acid groups (broad SMARTS) is 2. The summed E-state index contributed by atoms with van der Waals surface area (Å²) in [5.74, 6) is 0.787. The van der Waals surface area contributed by atoms with Crippen molar-refractivity contribution in [3.8, 4) is 23.0 Å². The normalized spacial score (nSPS) is 8.45. The number of aromatic carboxylic acids is 1. The monoisotopic (exact) mass is 885 g/mol. The lowest BCUT2D eigenvalue weighted by Gasteiger charge is -2.05. The molecule has 6 N–H and O–H groups in total.